The van der Waals surface area contributed by atoms with Crippen LogP contribution in [0.15, 0.2) is 42.5 Å². The predicted molar refractivity (Wildman–Crippen MR) is 108 cm³/mol. The number of rotatable bonds is 6. The Morgan fingerprint density at radius 1 is 1.24 bits per heavy atom. The second-order valence-corrected chi connectivity index (χ2v) is 7.38. The van der Waals surface area contributed by atoms with E-state index in [1.54, 1.807) is 37.4 Å². The van der Waals surface area contributed by atoms with Crippen LogP contribution in [0.1, 0.15) is 27.9 Å². The summed E-state index contributed by atoms with van der Waals surface area (Å²) in [7, 11) is 3.41. The number of ether oxygens (including phenoxy) is 1. The van der Waals surface area contributed by atoms with Gasteiger partial charge in [-0.1, -0.05) is 12.1 Å². The highest BCUT2D eigenvalue weighted by Gasteiger charge is 2.35. The average Bonchev–Trinajstić information content (AvgIpc) is 3.08. The lowest BCUT2D eigenvalue weighted by Gasteiger charge is -2.18. The Balaban J connectivity index is 1.56. The van der Waals surface area contributed by atoms with Gasteiger partial charge < -0.3 is 15.4 Å². The lowest BCUT2D eigenvalue weighted by atomic mass is 10.1. The van der Waals surface area contributed by atoms with Crippen molar-refractivity contribution in [2.45, 2.75) is 32.0 Å². The molecular formula is C22H26FN3O3. The summed E-state index contributed by atoms with van der Waals surface area (Å²) < 4.78 is 18.6. The molecule has 2 aromatic carbocycles. The number of nitrogens with one attached hydrogen (secondary N) is 2. The van der Waals surface area contributed by atoms with Crippen LogP contribution in [0.25, 0.3) is 0 Å². The molecule has 2 amide bonds. The molecule has 29 heavy (non-hydrogen) atoms. The number of halogens is 1. The Labute approximate surface area is 170 Å². The second-order valence-electron chi connectivity index (χ2n) is 7.38. The summed E-state index contributed by atoms with van der Waals surface area (Å²) in [6.07, 6.45) is 0.514. The van der Waals surface area contributed by atoms with Gasteiger partial charge in [0.2, 0.25) is 5.91 Å². The van der Waals surface area contributed by atoms with Crippen molar-refractivity contribution in [3.8, 4) is 5.75 Å². The van der Waals surface area contributed by atoms with Crippen molar-refractivity contribution in [2.75, 3.05) is 20.7 Å². The molecule has 1 aliphatic rings. The third-order valence-electron chi connectivity index (χ3n) is 5.28. The second kappa shape index (κ2) is 9.05. The van der Waals surface area contributed by atoms with E-state index in [1.165, 1.54) is 12.1 Å². The minimum atomic E-state index is -0.348. The molecular weight excluding hydrogens is 373 g/mol. The summed E-state index contributed by atoms with van der Waals surface area (Å²) >= 11 is 0. The van der Waals surface area contributed by atoms with E-state index in [0.29, 0.717) is 24.3 Å². The summed E-state index contributed by atoms with van der Waals surface area (Å²) in [5, 5.41) is 5.87. The van der Waals surface area contributed by atoms with E-state index < -0.39 is 0 Å². The molecule has 154 valence electrons. The van der Waals surface area contributed by atoms with Gasteiger partial charge in [0.25, 0.3) is 5.91 Å². The number of hydrogen-bond donors (Lipinski definition) is 2. The molecule has 2 aromatic rings. The maximum atomic E-state index is 13.4. The summed E-state index contributed by atoms with van der Waals surface area (Å²) in [5.41, 5.74) is 2.19. The van der Waals surface area contributed by atoms with Gasteiger partial charge in [-0.05, 0) is 61.9 Å². The average molecular weight is 399 g/mol. The monoisotopic (exact) mass is 399 g/mol. The van der Waals surface area contributed by atoms with E-state index in [1.807, 2.05) is 18.9 Å². The lowest BCUT2D eigenvalue weighted by Crippen LogP contribution is -2.41. The van der Waals surface area contributed by atoms with Crippen molar-refractivity contribution in [2.24, 2.45) is 0 Å². The van der Waals surface area contributed by atoms with Crippen LogP contribution >= 0.6 is 0 Å². The first-order valence-corrected chi connectivity index (χ1v) is 9.55. The number of likely N-dealkylation sites (N-methyl/N-ethyl adjacent to an activating group) is 1. The molecule has 0 unspecified atom stereocenters. The summed E-state index contributed by atoms with van der Waals surface area (Å²) in [4.78, 5) is 27.1. The SMILES string of the molecule is COc1cccc(C(=O)N[C@H]2C[C@@H](C(=O)NCc3cc(F)ccc3C)N(C)C2)c1. The van der Waals surface area contributed by atoms with Crippen LogP contribution in [-0.4, -0.2) is 49.5 Å². The highest BCUT2D eigenvalue weighted by Crippen LogP contribution is 2.18. The summed E-state index contributed by atoms with van der Waals surface area (Å²) in [6, 6.07) is 11.0. The normalized spacial score (nSPS) is 19.0. The number of hydrogen-bond acceptors (Lipinski definition) is 4. The van der Waals surface area contributed by atoms with Gasteiger partial charge in [-0.25, -0.2) is 4.39 Å². The van der Waals surface area contributed by atoms with Gasteiger partial charge >= 0.3 is 0 Å². The Morgan fingerprint density at radius 3 is 2.79 bits per heavy atom. The van der Waals surface area contributed by atoms with Crippen LogP contribution in [0, 0.1) is 12.7 Å². The highest BCUT2D eigenvalue weighted by atomic mass is 19.1. The van der Waals surface area contributed by atoms with E-state index >= 15 is 0 Å². The van der Waals surface area contributed by atoms with Crippen LogP contribution in [0.2, 0.25) is 0 Å². The Bertz CT molecular complexity index is 903. The maximum Gasteiger partial charge on any atom is 0.251 e. The third-order valence-corrected chi connectivity index (χ3v) is 5.28. The van der Waals surface area contributed by atoms with Crippen molar-refractivity contribution >= 4 is 11.8 Å². The molecule has 0 radical (unpaired) electrons. The van der Waals surface area contributed by atoms with Gasteiger partial charge in [-0.2, -0.15) is 0 Å². The molecule has 0 bridgehead atoms. The van der Waals surface area contributed by atoms with Gasteiger partial charge in [-0.3, -0.25) is 14.5 Å². The zero-order valence-corrected chi connectivity index (χ0v) is 16.9. The number of nitrogens with zero attached hydrogens (tertiary/aromatic N) is 1. The van der Waals surface area contributed by atoms with Crippen LogP contribution in [0.3, 0.4) is 0 Å². The molecule has 0 spiro atoms. The van der Waals surface area contributed by atoms with Crippen molar-refractivity contribution in [1.29, 1.82) is 0 Å². The number of benzene rings is 2. The minimum Gasteiger partial charge on any atom is -0.497 e. The van der Waals surface area contributed by atoms with E-state index in [4.69, 9.17) is 4.74 Å². The van der Waals surface area contributed by atoms with Crippen molar-refractivity contribution in [3.05, 3.63) is 65.0 Å². The molecule has 7 heteroatoms. The first kappa shape index (κ1) is 20.8. The standard InChI is InChI=1S/C22H26FN3O3/c1-14-7-8-17(23)9-16(14)12-24-22(28)20-11-18(13-26(20)2)25-21(27)15-5-4-6-19(10-15)29-3/h4-10,18,20H,11-13H2,1-3H3,(H,24,28)(H,25,27)/t18-,20-/m0/s1. The van der Waals surface area contributed by atoms with Crippen LogP contribution in [0.4, 0.5) is 4.39 Å². The largest absolute Gasteiger partial charge is 0.497 e. The molecule has 1 fully saturated rings. The van der Waals surface area contributed by atoms with Crippen molar-refractivity contribution in [3.63, 3.8) is 0 Å². The Hall–Kier alpha value is -2.93. The maximum absolute atomic E-state index is 13.4. The zero-order valence-electron chi connectivity index (χ0n) is 16.9. The summed E-state index contributed by atoms with van der Waals surface area (Å²) in [5.74, 6) is -0.0303. The van der Waals surface area contributed by atoms with Gasteiger partial charge in [0.15, 0.2) is 0 Å². The van der Waals surface area contributed by atoms with Gasteiger partial charge in [0, 0.05) is 24.7 Å². The van der Waals surface area contributed by atoms with Crippen LogP contribution in [-0.2, 0) is 11.3 Å². The van der Waals surface area contributed by atoms with Crippen molar-refractivity contribution < 1.29 is 18.7 Å². The fraction of sp³-hybridized carbons (Fsp3) is 0.364. The number of carbonyl (C=O) groups is 2. The molecule has 3 rings (SSSR count). The number of aryl methyl sites for hydroxylation is 1. The number of amides is 2. The number of methoxy groups -OCH3 is 1. The van der Waals surface area contributed by atoms with Crippen LogP contribution < -0.4 is 15.4 Å². The third kappa shape index (κ3) is 5.12. The van der Waals surface area contributed by atoms with Crippen molar-refractivity contribution in [1.82, 2.24) is 15.5 Å². The molecule has 2 atom stereocenters. The predicted octanol–water partition coefficient (Wildman–Crippen LogP) is 2.26. The fourth-order valence-electron chi connectivity index (χ4n) is 3.57. The first-order valence-electron chi connectivity index (χ1n) is 9.55. The fourth-order valence-corrected chi connectivity index (χ4v) is 3.57. The van der Waals surface area contributed by atoms with Gasteiger partial charge in [-0.15, -0.1) is 0 Å². The molecule has 0 saturated carbocycles. The molecule has 2 N–H and O–H groups in total. The summed E-state index contributed by atoms with van der Waals surface area (Å²) in [6.45, 7) is 2.73. The quantitative estimate of drug-likeness (QED) is 0.782. The molecule has 1 heterocycles. The van der Waals surface area contributed by atoms with Gasteiger partial charge in [0.05, 0.1) is 13.2 Å². The molecule has 1 aliphatic heterocycles. The Kier molecular flexibility index (Phi) is 6.49. The topological polar surface area (TPSA) is 70.7 Å². The first-order chi connectivity index (χ1) is 13.9. The molecule has 0 aromatic heterocycles. The lowest BCUT2D eigenvalue weighted by molar-refractivity contribution is -0.125. The van der Waals surface area contributed by atoms with E-state index in [0.717, 1.165) is 11.1 Å². The van der Waals surface area contributed by atoms with E-state index in [-0.39, 0.29) is 36.3 Å². The van der Waals surface area contributed by atoms with E-state index in [2.05, 4.69) is 10.6 Å². The zero-order chi connectivity index (χ0) is 21.0. The van der Waals surface area contributed by atoms with E-state index in [9.17, 15) is 14.0 Å². The smallest absolute Gasteiger partial charge is 0.251 e. The number of likely N-dealkylation sites (tertiary alicyclic amines) is 1. The Morgan fingerprint density at radius 2 is 2.03 bits per heavy atom. The molecule has 6 nitrogen and oxygen atoms in total. The molecule has 1 saturated heterocycles. The van der Waals surface area contributed by atoms with Crippen LogP contribution in [0.5, 0.6) is 5.75 Å². The highest BCUT2D eigenvalue weighted by molar-refractivity contribution is 5.95. The number of carbonyl (C=O) groups excluding carboxylic acids is 2. The molecule has 0 aliphatic carbocycles. The minimum absolute atomic E-state index is 0.130. The van der Waals surface area contributed by atoms with Gasteiger partial charge in [0.1, 0.15) is 11.6 Å².